The van der Waals surface area contributed by atoms with Crippen molar-refractivity contribution in [1.29, 1.82) is 0 Å². The monoisotopic (exact) mass is 290 g/mol. The Hall–Kier alpha value is -1.06. The van der Waals surface area contributed by atoms with Gasteiger partial charge in [-0.25, -0.2) is 0 Å². The van der Waals surface area contributed by atoms with Gasteiger partial charge in [0.05, 0.1) is 7.11 Å². The number of methoxy groups -OCH3 is 1. The zero-order chi connectivity index (χ0) is 15.1. The van der Waals surface area contributed by atoms with Gasteiger partial charge in [0.1, 0.15) is 5.75 Å². The summed E-state index contributed by atoms with van der Waals surface area (Å²) < 4.78 is 5.30. The van der Waals surface area contributed by atoms with Gasteiger partial charge in [0.15, 0.2) is 0 Å². The van der Waals surface area contributed by atoms with Crippen molar-refractivity contribution in [3.63, 3.8) is 0 Å². The number of nitrogens with two attached hydrogens (primary N) is 1. The molecule has 1 aromatic rings. The van der Waals surface area contributed by atoms with E-state index in [1.54, 1.807) is 7.11 Å². The third kappa shape index (κ3) is 5.01. The summed E-state index contributed by atoms with van der Waals surface area (Å²) in [7, 11) is 3.91. The summed E-state index contributed by atoms with van der Waals surface area (Å²) >= 11 is 0. The molecular weight excluding hydrogens is 260 g/mol. The Labute approximate surface area is 129 Å². The van der Waals surface area contributed by atoms with Crippen molar-refractivity contribution in [2.75, 3.05) is 20.7 Å². The van der Waals surface area contributed by atoms with Gasteiger partial charge in [-0.05, 0) is 37.1 Å². The molecule has 3 heteroatoms. The predicted molar refractivity (Wildman–Crippen MR) is 88.5 cm³/mol. The lowest BCUT2D eigenvalue weighted by molar-refractivity contribution is 0.185. The van der Waals surface area contributed by atoms with E-state index in [0.717, 1.165) is 24.8 Å². The molecule has 2 rings (SSSR count). The molecule has 118 valence electrons. The molecule has 1 atom stereocenters. The number of rotatable bonds is 7. The topological polar surface area (TPSA) is 38.5 Å². The molecule has 1 saturated carbocycles. The zero-order valence-corrected chi connectivity index (χ0v) is 13.6. The first-order valence-corrected chi connectivity index (χ1v) is 8.26. The summed E-state index contributed by atoms with van der Waals surface area (Å²) in [4.78, 5) is 2.41. The van der Waals surface area contributed by atoms with E-state index >= 15 is 0 Å². The van der Waals surface area contributed by atoms with Crippen LogP contribution in [0, 0.1) is 5.92 Å². The zero-order valence-electron chi connectivity index (χ0n) is 13.6. The molecule has 1 unspecified atom stereocenters. The summed E-state index contributed by atoms with van der Waals surface area (Å²) in [6.07, 6.45) is 8.26. The van der Waals surface area contributed by atoms with Gasteiger partial charge >= 0.3 is 0 Å². The first kappa shape index (κ1) is 16.3. The van der Waals surface area contributed by atoms with Gasteiger partial charge in [-0.3, -0.25) is 4.90 Å². The molecule has 1 aliphatic rings. The van der Waals surface area contributed by atoms with Crippen LogP contribution in [0.15, 0.2) is 24.3 Å². The van der Waals surface area contributed by atoms with Gasteiger partial charge in [0.25, 0.3) is 0 Å². The highest BCUT2D eigenvalue weighted by Crippen LogP contribution is 2.28. The highest BCUT2D eigenvalue weighted by atomic mass is 16.5. The molecule has 0 aromatic heterocycles. The molecule has 0 amide bonds. The number of hydrogen-bond donors (Lipinski definition) is 1. The second-order valence-corrected chi connectivity index (χ2v) is 6.40. The molecule has 0 aliphatic heterocycles. The number of likely N-dealkylation sites (N-methyl/N-ethyl adjacent to an activating group) is 1. The molecule has 1 aromatic carbocycles. The van der Waals surface area contributed by atoms with Gasteiger partial charge in [-0.15, -0.1) is 0 Å². The maximum absolute atomic E-state index is 6.03. The van der Waals surface area contributed by atoms with E-state index in [1.807, 2.05) is 6.07 Å². The van der Waals surface area contributed by atoms with Crippen molar-refractivity contribution >= 4 is 0 Å². The normalized spacial score (nSPS) is 17.9. The van der Waals surface area contributed by atoms with Crippen LogP contribution in [0.4, 0.5) is 0 Å². The third-order valence-electron chi connectivity index (χ3n) is 4.79. The van der Waals surface area contributed by atoms with E-state index in [0.29, 0.717) is 6.04 Å². The van der Waals surface area contributed by atoms with Gasteiger partial charge in [0.2, 0.25) is 0 Å². The molecule has 1 aliphatic carbocycles. The van der Waals surface area contributed by atoms with Crippen LogP contribution in [0.2, 0.25) is 0 Å². The van der Waals surface area contributed by atoms with Crippen molar-refractivity contribution < 1.29 is 4.74 Å². The van der Waals surface area contributed by atoms with Gasteiger partial charge < -0.3 is 10.5 Å². The highest BCUT2D eigenvalue weighted by molar-refractivity contribution is 5.28. The summed E-state index contributed by atoms with van der Waals surface area (Å²) in [6.45, 7) is 1.68. The molecule has 3 nitrogen and oxygen atoms in total. The first-order valence-electron chi connectivity index (χ1n) is 8.26. The molecule has 0 saturated heterocycles. The summed E-state index contributed by atoms with van der Waals surface area (Å²) in [5.41, 5.74) is 7.32. The minimum Gasteiger partial charge on any atom is -0.497 e. The molecular formula is C18H30N2O. The van der Waals surface area contributed by atoms with Crippen LogP contribution in [0.1, 0.15) is 44.1 Å². The van der Waals surface area contributed by atoms with E-state index in [1.165, 1.54) is 44.1 Å². The van der Waals surface area contributed by atoms with Gasteiger partial charge in [-0.2, -0.15) is 0 Å². The van der Waals surface area contributed by atoms with Gasteiger partial charge in [0, 0.05) is 19.1 Å². The van der Waals surface area contributed by atoms with Crippen LogP contribution in [0.25, 0.3) is 0 Å². The fourth-order valence-electron chi connectivity index (χ4n) is 3.45. The number of benzene rings is 1. The summed E-state index contributed by atoms with van der Waals surface area (Å²) in [6, 6.07) is 8.81. The minimum atomic E-state index is 0.485. The minimum absolute atomic E-state index is 0.485. The van der Waals surface area contributed by atoms with Crippen LogP contribution in [0.5, 0.6) is 5.75 Å². The quantitative estimate of drug-likeness (QED) is 0.836. The maximum atomic E-state index is 6.03. The van der Waals surface area contributed by atoms with E-state index in [9.17, 15) is 0 Å². The molecule has 21 heavy (non-hydrogen) atoms. The molecule has 0 bridgehead atoms. The van der Waals surface area contributed by atoms with Crippen molar-refractivity contribution in [3.05, 3.63) is 29.8 Å². The molecule has 0 heterocycles. The van der Waals surface area contributed by atoms with Gasteiger partial charge in [-0.1, -0.05) is 44.2 Å². The Bertz CT molecular complexity index is 415. The Morgan fingerprint density at radius 1 is 1.29 bits per heavy atom. The van der Waals surface area contributed by atoms with Crippen LogP contribution in [-0.2, 0) is 6.54 Å². The smallest absolute Gasteiger partial charge is 0.119 e. The van der Waals surface area contributed by atoms with E-state index in [4.69, 9.17) is 10.5 Å². The predicted octanol–water partition coefficient (Wildman–Crippen LogP) is 3.42. The second-order valence-electron chi connectivity index (χ2n) is 6.40. The largest absolute Gasteiger partial charge is 0.497 e. The van der Waals surface area contributed by atoms with Crippen molar-refractivity contribution in [3.8, 4) is 5.75 Å². The average molecular weight is 290 g/mol. The van der Waals surface area contributed by atoms with Crippen LogP contribution in [-0.4, -0.2) is 31.6 Å². The Balaban J connectivity index is 1.90. The first-order chi connectivity index (χ1) is 10.2. The molecule has 0 spiro atoms. The van der Waals surface area contributed by atoms with Crippen molar-refractivity contribution in [1.82, 2.24) is 4.90 Å². The number of hydrogen-bond acceptors (Lipinski definition) is 3. The van der Waals surface area contributed by atoms with E-state index < -0.39 is 0 Å². The Morgan fingerprint density at radius 2 is 2.05 bits per heavy atom. The maximum Gasteiger partial charge on any atom is 0.119 e. The molecule has 1 fully saturated rings. The highest BCUT2D eigenvalue weighted by Gasteiger charge is 2.21. The van der Waals surface area contributed by atoms with Crippen LogP contribution in [0.3, 0.4) is 0 Å². The lowest BCUT2D eigenvalue weighted by Crippen LogP contribution is -2.39. The SMILES string of the molecule is COc1cccc(CN(C)C(CN)CC2CCCCC2)c1. The molecule has 2 N–H and O–H groups in total. The third-order valence-corrected chi connectivity index (χ3v) is 4.79. The second kappa shape index (κ2) is 8.40. The fraction of sp³-hybridized carbons (Fsp3) is 0.667. The fourth-order valence-corrected chi connectivity index (χ4v) is 3.45. The number of ether oxygens (including phenoxy) is 1. The standard InChI is InChI=1S/C18H30N2O/c1-20(14-16-9-6-10-18(12-16)21-2)17(13-19)11-15-7-4-3-5-8-15/h6,9-10,12,15,17H,3-5,7-8,11,13-14,19H2,1-2H3. The van der Waals surface area contributed by atoms with Crippen LogP contribution >= 0.6 is 0 Å². The summed E-state index contributed by atoms with van der Waals surface area (Å²) in [5.74, 6) is 1.80. The average Bonchev–Trinajstić information content (AvgIpc) is 2.53. The lowest BCUT2D eigenvalue weighted by atomic mass is 9.84. The number of nitrogens with zero attached hydrogens (tertiary/aromatic N) is 1. The Kier molecular flexibility index (Phi) is 6.52. The Morgan fingerprint density at radius 3 is 2.71 bits per heavy atom. The van der Waals surface area contributed by atoms with Crippen molar-refractivity contribution in [2.24, 2.45) is 11.7 Å². The van der Waals surface area contributed by atoms with E-state index in [-0.39, 0.29) is 0 Å². The summed E-state index contributed by atoms with van der Waals surface area (Å²) in [5, 5.41) is 0. The van der Waals surface area contributed by atoms with Crippen LogP contribution < -0.4 is 10.5 Å². The lowest BCUT2D eigenvalue weighted by Gasteiger charge is -2.32. The molecule has 0 radical (unpaired) electrons. The van der Waals surface area contributed by atoms with E-state index in [2.05, 4.69) is 30.1 Å². The van der Waals surface area contributed by atoms with Crippen molar-refractivity contribution in [2.45, 2.75) is 51.1 Å².